The van der Waals surface area contributed by atoms with Crippen molar-refractivity contribution in [3.63, 3.8) is 0 Å². The number of carbonyl (C=O) groups is 2. The fourth-order valence-corrected chi connectivity index (χ4v) is 2.06. The maximum Gasteiger partial charge on any atom is 0.435 e. The minimum Gasteiger partial charge on any atom is -0.462 e. The number of halogens is 3. The van der Waals surface area contributed by atoms with E-state index in [4.69, 9.17) is 4.74 Å². The third kappa shape index (κ3) is 4.17. The van der Waals surface area contributed by atoms with E-state index in [0.29, 0.717) is 0 Å². The summed E-state index contributed by atoms with van der Waals surface area (Å²) >= 11 is 0. The van der Waals surface area contributed by atoms with Crippen molar-refractivity contribution in [3.8, 4) is 0 Å². The summed E-state index contributed by atoms with van der Waals surface area (Å²) in [5.74, 6) is -1.24. The first-order chi connectivity index (χ1) is 11.6. The monoisotopic (exact) mass is 359 g/mol. The zero-order valence-electron chi connectivity index (χ0n) is 13.7. The van der Waals surface area contributed by atoms with E-state index < -0.39 is 30.3 Å². The first kappa shape index (κ1) is 18.5. The number of aromatic nitrogens is 4. The maximum atomic E-state index is 12.7. The zero-order valence-corrected chi connectivity index (χ0v) is 13.7. The molecule has 0 aliphatic rings. The molecule has 0 radical (unpaired) electrons. The van der Waals surface area contributed by atoms with Crippen LogP contribution in [0.1, 0.15) is 28.7 Å². The van der Waals surface area contributed by atoms with Crippen molar-refractivity contribution in [1.29, 1.82) is 0 Å². The lowest BCUT2D eigenvalue weighted by molar-refractivity contribution is -0.141. The second kappa shape index (κ2) is 6.95. The molecule has 25 heavy (non-hydrogen) atoms. The highest BCUT2D eigenvalue weighted by Gasteiger charge is 2.34. The Bertz CT molecular complexity index is 794. The molecule has 0 saturated heterocycles. The number of hydrogen-bond acceptors (Lipinski definition) is 5. The van der Waals surface area contributed by atoms with Crippen LogP contribution in [0.15, 0.2) is 12.3 Å². The van der Waals surface area contributed by atoms with Crippen LogP contribution in [0.4, 0.5) is 19.0 Å². The lowest BCUT2D eigenvalue weighted by atomic mass is 10.3. The SMILES string of the molecule is CCOC(=O)c1cnn(C)c1NC(=O)Cn1nc(C(F)(F)F)cc1C. The first-order valence-electron chi connectivity index (χ1n) is 7.24. The highest BCUT2D eigenvalue weighted by molar-refractivity contribution is 6.00. The fraction of sp³-hybridized carbons (Fsp3) is 0.429. The summed E-state index contributed by atoms with van der Waals surface area (Å²) in [4.78, 5) is 23.9. The highest BCUT2D eigenvalue weighted by Crippen LogP contribution is 2.28. The Morgan fingerprint density at radius 3 is 2.60 bits per heavy atom. The maximum absolute atomic E-state index is 12.7. The molecule has 2 aromatic heterocycles. The molecule has 2 heterocycles. The van der Waals surface area contributed by atoms with E-state index in [2.05, 4.69) is 15.5 Å². The molecule has 0 fully saturated rings. The molecular formula is C14H16F3N5O3. The number of nitrogens with zero attached hydrogens (tertiary/aromatic N) is 4. The van der Waals surface area contributed by atoms with Gasteiger partial charge in [0.05, 0.1) is 12.8 Å². The van der Waals surface area contributed by atoms with E-state index in [0.717, 1.165) is 10.7 Å². The predicted molar refractivity (Wildman–Crippen MR) is 79.8 cm³/mol. The molecule has 0 unspecified atom stereocenters. The number of hydrogen-bond donors (Lipinski definition) is 1. The number of nitrogens with one attached hydrogen (secondary N) is 1. The minimum atomic E-state index is -4.59. The van der Waals surface area contributed by atoms with E-state index >= 15 is 0 Å². The molecule has 0 bridgehead atoms. The number of esters is 1. The molecule has 0 aliphatic heterocycles. The van der Waals surface area contributed by atoms with Crippen molar-refractivity contribution < 1.29 is 27.5 Å². The largest absolute Gasteiger partial charge is 0.462 e. The Morgan fingerprint density at radius 2 is 2.04 bits per heavy atom. The van der Waals surface area contributed by atoms with Crippen molar-refractivity contribution in [2.24, 2.45) is 7.05 Å². The number of carbonyl (C=O) groups excluding carboxylic acids is 2. The standard InChI is InChI=1S/C14H16F3N5O3/c1-4-25-13(24)9-6-18-21(3)12(9)19-11(23)7-22-8(2)5-10(20-22)14(15,16)17/h5-6H,4,7H2,1-3H3,(H,19,23). The third-order valence-electron chi connectivity index (χ3n) is 3.26. The summed E-state index contributed by atoms with van der Waals surface area (Å²) in [5.41, 5.74) is -0.852. The van der Waals surface area contributed by atoms with Crippen LogP contribution in [-0.4, -0.2) is 38.0 Å². The molecule has 1 N–H and O–H groups in total. The van der Waals surface area contributed by atoms with Gasteiger partial charge in [-0.25, -0.2) is 4.79 Å². The topological polar surface area (TPSA) is 91.0 Å². The van der Waals surface area contributed by atoms with Crippen molar-refractivity contribution >= 4 is 17.7 Å². The summed E-state index contributed by atoms with van der Waals surface area (Å²) in [6, 6.07) is 0.849. The number of ether oxygens (including phenoxy) is 1. The molecule has 2 rings (SSSR count). The lowest BCUT2D eigenvalue weighted by Gasteiger charge is -2.09. The first-order valence-corrected chi connectivity index (χ1v) is 7.24. The van der Waals surface area contributed by atoms with E-state index in [1.807, 2.05) is 0 Å². The summed E-state index contributed by atoms with van der Waals surface area (Å²) < 4.78 is 45.0. The summed E-state index contributed by atoms with van der Waals surface area (Å²) in [7, 11) is 1.50. The van der Waals surface area contributed by atoms with Gasteiger partial charge in [0, 0.05) is 12.7 Å². The molecule has 8 nitrogen and oxygen atoms in total. The van der Waals surface area contributed by atoms with Crippen LogP contribution in [0.2, 0.25) is 0 Å². The van der Waals surface area contributed by atoms with Gasteiger partial charge < -0.3 is 10.1 Å². The van der Waals surface area contributed by atoms with Gasteiger partial charge in [-0.2, -0.15) is 23.4 Å². The van der Waals surface area contributed by atoms with E-state index in [-0.39, 0.29) is 23.7 Å². The Balaban J connectivity index is 2.15. The number of aryl methyl sites for hydroxylation is 2. The van der Waals surface area contributed by atoms with Crippen LogP contribution in [0.25, 0.3) is 0 Å². The smallest absolute Gasteiger partial charge is 0.435 e. The quantitative estimate of drug-likeness (QED) is 0.822. The molecule has 0 aliphatic carbocycles. The van der Waals surface area contributed by atoms with Crippen LogP contribution < -0.4 is 5.32 Å². The number of alkyl halides is 3. The van der Waals surface area contributed by atoms with E-state index in [1.165, 1.54) is 24.9 Å². The number of amides is 1. The second-order valence-electron chi connectivity index (χ2n) is 5.13. The van der Waals surface area contributed by atoms with Gasteiger partial charge in [0.1, 0.15) is 17.9 Å². The Hall–Kier alpha value is -2.85. The summed E-state index contributed by atoms with van der Waals surface area (Å²) in [6.45, 7) is 2.73. The molecular weight excluding hydrogens is 343 g/mol. The average Bonchev–Trinajstić information content (AvgIpc) is 3.04. The summed E-state index contributed by atoms with van der Waals surface area (Å²) in [6.07, 6.45) is -3.36. The molecule has 11 heteroatoms. The Morgan fingerprint density at radius 1 is 1.36 bits per heavy atom. The molecule has 0 atom stereocenters. The van der Waals surface area contributed by atoms with Crippen LogP contribution in [-0.2, 0) is 29.3 Å². The normalized spacial score (nSPS) is 11.4. The van der Waals surface area contributed by atoms with Gasteiger partial charge >= 0.3 is 12.1 Å². The number of rotatable bonds is 5. The molecule has 2 aromatic rings. The van der Waals surface area contributed by atoms with Crippen LogP contribution in [0.5, 0.6) is 0 Å². The van der Waals surface area contributed by atoms with Gasteiger partial charge in [-0.1, -0.05) is 0 Å². The fourth-order valence-electron chi connectivity index (χ4n) is 2.06. The Kier molecular flexibility index (Phi) is 5.14. The predicted octanol–water partition coefficient (Wildman–Crippen LogP) is 1.76. The van der Waals surface area contributed by atoms with Crippen molar-refractivity contribution in [2.75, 3.05) is 11.9 Å². The van der Waals surface area contributed by atoms with E-state index in [1.54, 1.807) is 6.92 Å². The van der Waals surface area contributed by atoms with Crippen LogP contribution in [0.3, 0.4) is 0 Å². The second-order valence-corrected chi connectivity index (χ2v) is 5.13. The van der Waals surface area contributed by atoms with Crippen LogP contribution in [0, 0.1) is 6.92 Å². The highest BCUT2D eigenvalue weighted by atomic mass is 19.4. The van der Waals surface area contributed by atoms with Gasteiger partial charge in [-0.05, 0) is 19.9 Å². The van der Waals surface area contributed by atoms with Gasteiger partial charge in [-0.15, -0.1) is 0 Å². The van der Waals surface area contributed by atoms with Gasteiger partial charge in [0.15, 0.2) is 5.69 Å². The van der Waals surface area contributed by atoms with Crippen LogP contribution >= 0.6 is 0 Å². The minimum absolute atomic E-state index is 0.0471. The van der Waals surface area contributed by atoms with Gasteiger partial charge in [-0.3, -0.25) is 14.2 Å². The molecule has 1 amide bonds. The van der Waals surface area contributed by atoms with Gasteiger partial charge in [0.25, 0.3) is 0 Å². The molecule has 0 aromatic carbocycles. The van der Waals surface area contributed by atoms with Crippen molar-refractivity contribution in [3.05, 3.63) is 29.2 Å². The summed E-state index contributed by atoms with van der Waals surface area (Å²) in [5, 5.41) is 9.68. The zero-order chi connectivity index (χ0) is 18.8. The molecule has 136 valence electrons. The van der Waals surface area contributed by atoms with Gasteiger partial charge in [0.2, 0.25) is 5.91 Å². The molecule has 0 saturated carbocycles. The molecule has 0 spiro atoms. The van der Waals surface area contributed by atoms with Crippen molar-refractivity contribution in [2.45, 2.75) is 26.6 Å². The third-order valence-corrected chi connectivity index (χ3v) is 3.26. The Labute approximate surface area is 140 Å². The van der Waals surface area contributed by atoms with E-state index in [9.17, 15) is 22.8 Å². The lowest BCUT2D eigenvalue weighted by Crippen LogP contribution is -2.23. The number of anilines is 1. The van der Waals surface area contributed by atoms with Crippen molar-refractivity contribution in [1.82, 2.24) is 19.6 Å². The average molecular weight is 359 g/mol.